The molecule has 0 bridgehead atoms. The maximum atomic E-state index is 13.1. The standard InChI is InChI=1S/C19H23N5O5S/c1-3-16-18(25)21-14-12-13(4-5-17(14)29-16)30(27,28)24-10-8-23(9-11-24)19(26)15-6-7-20-22(15)2/h4-7,12,16H,3,8-11H2,1-2H3,(H,21,25)/t16-/m0/s1. The minimum Gasteiger partial charge on any atom is -0.478 e. The summed E-state index contributed by atoms with van der Waals surface area (Å²) in [5.74, 6) is -0.0139. The lowest BCUT2D eigenvalue weighted by molar-refractivity contribution is -0.123. The van der Waals surface area contributed by atoms with Gasteiger partial charge in [-0.15, -0.1) is 0 Å². The first-order valence-electron chi connectivity index (χ1n) is 9.70. The van der Waals surface area contributed by atoms with Crippen LogP contribution < -0.4 is 10.1 Å². The van der Waals surface area contributed by atoms with Crippen molar-refractivity contribution in [2.45, 2.75) is 24.3 Å². The lowest BCUT2D eigenvalue weighted by Gasteiger charge is -2.34. The number of fused-ring (bicyclic) bond motifs is 1. The van der Waals surface area contributed by atoms with Crippen LogP contribution in [-0.2, 0) is 21.9 Å². The number of anilines is 1. The first-order chi connectivity index (χ1) is 14.3. The van der Waals surface area contributed by atoms with Crippen molar-refractivity contribution in [2.75, 3.05) is 31.5 Å². The van der Waals surface area contributed by atoms with Gasteiger partial charge in [0, 0.05) is 39.4 Å². The summed E-state index contributed by atoms with van der Waals surface area (Å²) in [7, 11) is -2.08. The third-order valence-electron chi connectivity index (χ3n) is 5.35. The van der Waals surface area contributed by atoms with Gasteiger partial charge in [-0.25, -0.2) is 8.42 Å². The summed E-state index contributed by atoms with van der Waals surface area (Å²) < 4.78 is 34.6. The number of hydrogen-bond donors (Lipinski definition) is 1. The third kappa shape index (κ3) is 3.54. The average Bonchev–Trinajstić information content (AvgIpc) is 3.18. The van der Waals surface area contributed by atoms with Crippen LogP contribution in [0.2, 0.25) is 0 Å². The van der Waals surface area contributed by atoms with Gasteiger partial charge in [-0.2, -0.15) is 9.40 Å². The Hall–Kier alpha value is -2.92. The van der Waals surface area contributed by atoms with Crippen LogP contribution in [0.15, 0.2) is 35.4 Å². The molecule has 2 aliphatic heterocycles. The highest BCUT2D eigenvalue weighted by molar-refractivity contribution is 7.89. The molecule has 4 rings (SSSR count). The molecule has 1 saturated heterocycles. The fourth-order valence-corrected chi connectivity index (χ4v) is 5.03. The Kier molecular flexibility index (Phi) is 5.24. The van der Waals surface area contributed by atoms with Crippen molar-refractivity contribution in [2.24, 2.45) is 7.05 Å². The molecule has 1 atom stereocenters. The molecule has 160 valence electrons. The van der Waals surface area contributed by atoms with E-state index in [1.807, 2.05) is 6.92 Å². The van der Waals surface area contributed by atoms with Crippen molar-refractivity contribution in [3.8, 4) is 5.75 Å². The molecule has 10 nitrogen and oxygen atoms in total. The zero-order valence-electron chi connectivity index (χ0n) is 16.7. The Labute approximate surface area is 174 Å². The molecule has 11 heteroatoms. The number of carbonyl (C=O) groups is 2. The number of aromatic nitrogens is 2. The molecular weight excluding hydrogens is 410 g/mol. The van der Waals surface area contributed by atoms with Crippen LogP contribution in [0, 0.1) is 0 Å². The van der Waals surface area contributed by atoms with Crippen LogP contribution in [-0.4, -0.2) is 71.5 Å². The number of nitrogens with one attached hydrogen (secondary N) is 1. The lowest BCUT2D eigenvalue weighted by Crippen LogP contribution is -2.50. The van der Waals surface area contributed by atoms with Crippen LogP contribution in [0.5, 0.6) is 5.75 Å². The number of nitrogens with zero attached hydrogens (tertiary/aromatic N) is 4. The summed E-state index contributed by atoms with van der Waals surface area (Å²) in [6, 6.07) is 6.09. The highest BCUT2D eigenvalue weighted by Gasteiger charge is 2.33. The maximum absolute atomic E-state index is 13.1. The summed E-state index contributed by atoms with van der Waals surface area (Å²) in [5, 5.41) is 6.71. The highest BCUT2D eigenvalue weighted by atomic mass is 32.2. The van der Waals surface area contributed by atoms with Gasteiger partial charge in [0.25, 0.3) is 11.8 Å². The van der Waals surface area contributed by atoms with E-state index in [1.165, 1.54) is 21.1 Å². The predicted molar refractivity (Wildman–Crippen MR) is 108 cm³/mol. The van der Waals surface area contributed by atoms with Crippen LogP contribution >= 0.6 is 0 Å². The summed E-state index contributed by atoms with van der Waals surface area (Å²) >= 11 is 0. The molecule has 1 fully saturated rings. The Bertz CT molecular complexity index is 1090. The van der Waals surface area contributed by atoms with Gasteiger partial charge in [0.2, 0.25) is 10.0 Å². The van der Waals surface area contributed by atoms with Gasteiger partial charge in [0.05, 0.1) is 10.6 Å². The molecular formula is C19H23N5O5S. The number of sulfonamides is 1. The van der Waals surface area contributed by atoms with E-state index >= 15 is 0 Å². The van der Waals surface area contributed by atoms with Crippen molar-refractivity contribution in [1.82, 2.24) is 19.0 Å². The zero-order valence-corrected chi connectivity index (χ0v) is 17.6. The largest absolute Gasteiger partial charge is 0.478 e. The smallest absolute Gasteiger partial charge is 0.272 e. The molecule has 30 heavy (non-hydrogen) atoms. The molecule has 1 aromatic carbocycles. The van der Waals surface area contributed by atoms with Crippen LogP contribution in [0.25, 0.3) is 0 Å². The summed E-state index contributed by atoms with van der Waals surface area (Å²) in [6.07, 6.45) is 1.49. The molecule has 0 saturated carbocycles. The van der Waals surface area contributed by atoms with Gasteiger partial charge in [-0.3, -0.25) is 14.3 Å². The van der Waals surface area contributed by atoms with E-state index in [9.17, 15) is 18.0 Å². The van der Waals surface area contributed by atoms with Gasteiger partial charge in [0.1, 0.15) is 11.4 Å². The zero-order chi connectivity index (χ0) is 21.5. The van der Waals surface area contributed by atoms with E-state index in [-0.39, 0.29) is 42.9 Å². The Balaban J connectivity index is 1.48. The van der Waals surface area contributed by atoms with Crippen LogP contribution in [0.3, 0.4) is 0 Å². The van der Waals surface area contributed by atoms with Gasteiger partial charge in [-0.05, 0) is 30.7 Å². The van der Waals surface area contributed by atoms with E-state index in [2.05, 4.69) is 10.4 Å². The summed E-state index contributed by atoms with van der Waals surface area (Å²) in [5.41, 5.74) is 0.804. The number of ether oxygens (including phenoxy) is 1. The topological polar surface area (TPSA) is 114 Å². The molecule has 0 radical (unpaired) electrons. The fourth-order valence-electron chi connectivity index (χ4n) is 3.59. The Morgan fingerprint density at radius 1 is 1.23 bits per heavy atom. The average molecular weight is 433 g/mol. The number of aryl methyl sites for hydroxylation is 1. The van der Waals surface area contributed by atoms with Crippen LogP contribution in [0.4, 0.5) is 5.69 Å². The number of rotatable bonds is 4. The third-order valence-corrected chi connectivity index (χ3v) is 7.24. The second-order valence-corrected chi connectivity index (χ2v) is 9.14. The quantitative estimate of drug-likeness (QED) is 0.758. The molecule has 0 aliphatic carbocycles. The first-order valence-corrected chi connectivity index (χ1v) is 11.1. The molecule has 1 aromatic heterocycles. The van der Waals surface area contributed by atoms with Gasteiger partial charge in [-0.1, -0.05) is 6.92 Å². The molecule has 0 unspecified atom stereocenters. The Morgan fingerprint density at radius 3 is 2.60 bits per heavy atom. The second-order valence-electron chi connectivity index (χ2n) is 7.20. The molecule has 0 spiro atoms. The molecule has 2 aliphatic rings. The first kappa shape index (κ1) is 20.4. The van der Waals surface area contributed by atoms with E-state index in [0.29, 0.717) is 23.6 Å². The van der Waals surface area contributed by atoms with E-state index in [4.69, 9.17) is 4.74 Å². The molecule has 3 heterocycles. The van der Waals surface area contributed by atoms with Crippen molar-refractivity contribution in [3.05, 3.63) is 36.2 Å². The number of piperazine rings is 1. The van der Waals surface area contributed by atoms with E-state index in [0.717, 1.165) is 0 Å². The predicted octanol–water partition coefficient (Wildman–Crippen LogP) is 0.676. The number of amides is 2. The number of hydrogen-bond acceptors (Lipinski definition) is 6. The Morgan fingerprint density at radius 2 is 1.97 bits per heavy atom. The SMILES string of the molecule is CC[C@@H]1Oc2ccc(S(=O)(=O)N3CCN(C(=O)c4ccnn4C)CC3)cc2NC1=O. The summed E-state index contributed by atoms with van der Waals surface area (Å²) in [4.78, 5) is 26.3. The monoisotopic (exact) mass is 433 g/mol. The normalized spacial score (nSPS) is 19.7. The van der Waals surface area contributed by atoms with Gasteiger partial charge >= 0.3 is 0 Å². The van der Waals surface area contributed by atoms with Gasteiger partial charge < -0.3 is 15.0 Å². The number of benzene rings is 1. The minimum absolute atomic E-state index is 0.0755. The molecule has 2 aromatic rings. The van der Waals surface area contributed by atoms with Gasteiger partial charge in [0.15, 0.2) is 6.10 Å². The van der Waals surface area contributed by atoms with E-state index in [1.54, 1.807) is 30.3 Å². The van der Waals surface area contributed by atoms with Crippen molar-refractivity contribution >= 4 is 27.5 Å². The van der Waals surface area contributed by atoms with E-state index < -0.39 is 16.1 Å². The second kappa shape index (κ2) is 7.73. The number of carbonyl (C=O) groups excluding carboxylic acids is 2. The molecule has 1 N–H and O–H groups in total. The highest BCUT2D eigenvalue weighted by Crippen LogP contribution is 2.33. The van der Waals surface area contributed by atoms with Crippen molar-refractivity contribution in [3.63, 3.8) is 0 Å². The lowest BCUT2D eigenvalue weighted by atomic mass is 10.2. The minimum atomic E-state index is -3.77. The van der Waals surface area contributed by atoms with Crippen molar-refractivity contribution < 1.29 is 22.7 Å². The molecule has 2 amide bonds. The van der Waals surface area contributed by atoms with Crippen LogP contribution in [0.1, 0.15) is 23.8 Å². The maximum Gasteiger partial charge on any atom is 0.272 e. The fraction of sp³-hybridized carbons (Fsp3) is 0.421. The summed E-state index contributed by atoms with van der Waals surface area (Å²) in [6.45, 7) is 2.78. The van der Waals surface area contributed by atoms with Crippen molar-refractivity contribution in [1.29, 1.82) is 0 Å².